The second kappa shape index (κ2) is 9.05. The fourth-order valence-corrected chi connectivity index (χ4v) is 4.77. The van der Waals surface area contributed by atoms with E-state index < -0.39 is 15.8 Å². The number of nitrogens with one attached hydrogen (secondary N) is 3. The average molecular weight is 467 g/mol. The minimum atomic E-state index is -3.24. The minimum Gasteiger partial charge on any atom is -0.367 e. The normalized spacial score (nSPS) is 19.6. The predicted octanol–water partition coefficient (Wildman–Crippen LogP) is 3.58. The van der Waals surface area contributed by atoms with Crippen LogP contribution in [0.5, 0.6) is 0 Å². The van der Waals surface area contributed by atoms with Gasteiger partial charge in [-0.15, -0.1) is 0 Å². The Balaban J connectivity index is 1.51. The third-order valence-electron chi connectivity index (χ3n) is 5.69. The van der Waals surface area contributed by atoms with Crippen molar-refractivity contribution in [3.05, 3.63) is 35.5 Å². The van der Waals surface area contributed by atoms with E-state index in [0.717, 1.165) is 43.5 Å². The first-order chi connectivity index (χ1) is 14.8. The average Bonchev–Trinajstić information content (AvgIpc) is 3.15. The maximum Gasteiger partial charge on any atom is 0.208 e. The molecule has 1 aliphatic carbocycles. The lowest BCUT2D eigenvalue weighted by atomic mass is 9.79. The van der Waals surface area contributed by atoms with Crippen LogP contribution in [-0.2, 0) is 10.0 Å². The van der Waals surface area contributed by atoms with Crippen LogP contribution in [0.25, 0.3) is 22.4 Å². The first-order valence-electron chi connectivity index (χ1n) is 10.1. The molecule has 3 aromatic heterocycles. The SMILES string of the molecule is CS(=O)(=O)NCC1CCCCC1CNc1nc(-c2c[nH]c3ncc(Cl)cc23)ncc1F. The summed E-state index contributed by atoms with van der Waals surface area (Å²) in [6.07, 6.45) is 9.60. The Bertz CT molecular complexity index is 1190. The van der Waals surface area contributed by atoms with Gasteiger partial charge in [0, 0.05) is 36.4 Å². The van der Waals surface area contributed by atoms with Crippen LogP contribution in [0.2, 0.25) is 5.02 Å². The first kappa shape index (κ1) is 21.9. The van der Waals surface area contributed by atoms with Gasteiger partial charge in [0.1, 0.15) is 5.65 Å². The second-order valence-electron chi connectivity index (χ2n) is 7.95. The molecule has 0 saturated heterocycles. The summed E-state index contributed by atoms with van der Waals surface area (Å²) >= 11 is 6.06. The molecule has 0 aromatic carbocycles. The lowest BCUT2D eigenvalue weighted by molar-refractivity contribution is 0.249. The number of anilines is 1. The maximum absolute atomic E-state index is 14.4. The van der Waals surface area contributed by atoms with Crippen LogP contribution in [0.15, 0.2) is 24.7 Å². The summed E-state index contributed by atoms with van der Waals surface area (Å²) in [6.45, 7) is 0.899. The van der Waals surface area contributed by atoms with Crippen molar-refractivity contribution in [3.63, 3.8) is 0 Å². The summed E-state index contributed by atoms with van der Waals surface area (Å²) in [5.41, 5.74) is 1.33. The van der Waals surface area contributed by atoms with Crippen molar-refractivity contribution in [2.45, 2.75) is 25.7 Å². The van der Waals surface area contributed by atoms with Crippen molar-refractivity contribution in [2.24, 2.45) is 11.8 Å². The fraction of sp³-hybridized carbons (Fsp3) is 0.450. The molecule has 1 fully saturated rings. The third-order valence-corrected chi connectivity index (χ3v) is 6.59. The molecule has 8 nitrogen and oxygen atoms in total. The number of halogens is 2. The standard InChI is InChI=1S/C20H24ClFN6O2S/c1-31(29,30)27-8-13-5-3-2-4-12(13)7-23-20-17(22)11-26-19(28-20)16-10-25-18-15(16)6-14(21)9-24-18/h6,9-13,27H,2-5,7-8H2,1H3,(H,24,25)(H,23,26,28). The number of hydrogen-bond donors (Lipinski definition) is 3. The van der Waals surface area contributed by atoms with E-state index in [9.17, 15) is 12.8 Å². The number of aromatic nitrogens is 4. The van der Waals surface area contributed by atoms with Crippen molar-refractivity contribution in [1.29, 1.82) is 0 Å². The van der Waals surface area contributed by atoms with Gasteiger partial charge in [0.2, 0.25) is 10.0 Å². The van der Waals surface area contributed by atoms with Gasteiger partial charge in [-0.25, -0.2) is 32.5 Å². The van der Waals surface area contributed by atoms with Gasteiger partial charge in [0.15, 0.2) is 17.5 Å². The quantitative estimate of drug-likeness (QED) is 0.490. The van der Waals surface area contributed by atoms with Gasteiger partial charge in [-0.3, -0.25) is 0 Å². The zero-order valence-corrected chi connectivity index (χ0v) is 18.6. The molecule has 1 saturated carbocycles. The zero-order chi connectivity index (χ0) is 22.0. The molecule has 2 atom stereocenters. The van der Waals surface area contributed by atoms with E-state index in [1.807, 2.05) is 0 Å². The smallest absolute Gasteiger partial charge is 0.208 e. The Morgan fingerprint density at radius 2 is 1.94 bits per heavy atom. The topological polar surface area (TPSA) is 113 Å². The molecular weight excluding hydrogens is 443 g/mol. The Morgan fingerprint density at radius 1 is 1.19 bits per heavy atom. The van der Waals surface area contributed by atoms with Crippen LogP contribution in [0.4, 0.5) is 10.2 Å². The van der Waals surface area contributed by atoms with E-state index in [0.29, 0.717) is 35.1 Å². The summed E-state index contributed by atoms with van der Waals surface area (Å²) in [4.78, 5) is 15.8. The molecule has 166 valence electrons. The Morgan fingerprint density at radius 3 is 2.68 bits per heavy atom. The van der Waals surface area contributed by atoms with Crippen molar-refractivity contribution >= 4 is 38.5 Å². The Hall–Kier alpha value is -2.30. The summed E-state index contributed by atoms with van der Waals surface area (Å²) in [5, 5.41) is 4.36. The van der Waals surface area contributed by atoms with Crippen LogP contribution in [0, 0.1) is 17.7 Å². The second-order valence-corrected chi connectivity index (χ2v) is 10.2. The first-order valence-corrected chi connectivity index (χ1v) is 12.4. The molecule has 31 heavy (non-hydrogen) atoms. The van der Waals surface area contributed by atoms with Crippen molar-refractivity contribution < 1.29 is 12.8 Å². The van der Waals surface area contributed by atoms with Crippen LogP contribution < -0.4 is 10.0 Å². The summed E-state index contributed by atoms with van der Waals surface area (Å²) in [7, 11) is -3.24. The molecule has 1 aliphatic rings. The number of rotatable bonds is 7. The van der Waals surface area contributed by atoms with Gasteiger partial charge < -0.3 is 10.3 Å². The molecule has 0 aliphatic heterocycles. The molecule has 2 unspecified atom stereocenters. The van der Waals surface area contributed by atoms with E-state index in [2.05, 4.69) is 30.0 Å². The number of pyridine rings is 1. The largest absolute Gasteiger partial charge is 0.367 e. The molecule has 3 heterocycles. The molecule has 4 rings (SSSR count). The van der Waals surface area contributed by atoms with Crippen LogP contribution in [-0.4, -0.2) is 47.7 Å². The highest BCUT2D eigenvalue weighted by Gasteiger charge is 2.26. The molecule has 3 aromatic rings. The van der Waals surface area contributed by atoms with Crippen LogP contribution in [0.1, 0.15) is 25.7 Å². The lowest BCUT2D eigenvalue weighted by Gasteiger charge is -2.31. The van der Waals surface area contributed by atoms with E-state index in [4.69, 9.17) is 11.6 Å². The molecule has 11 heteroatoms. The maximum atomic E-state index is 14.4. The van der Waals surface area contributed by atoms with Gasteiger partial charge >= 0.3 is 0 Å². The number of aromatic amines is 1. The Labute approximate surface area is 185 Å². The fourth-order valence-electron chi connectivity index (χ4n) is 4.09. The van der Waals surface area contributed by atoms with Gasteiger partial charge in [0.25, 0.3) is 0 Å². The number of fused-ring (bicyclic) bond motifs is 1. The van der Waals surface area contributed by atoms with Crippen molar-refractivity contribution in [1.82, 2.24) is 24.7 Å². The van der Waals surface area contributed by atoms with Crippen molar-refractivity contribution in [2.75, 3.05) is 24.7 Å². The molecule has 0 amide bonds. The number of hydrogen-bond acceptors (Lipinski definition) is 6. The summed E-state index contributed by atoms with van der Waals surface area (Å²) in [5.74, 6) is 0.355. The minimum absolute atomic E-state index is 0.120. The van der Waals surface area contributed by atoms with E-state index in [1.54, 1.807) is 18.5 Å². The van der Waals surface area contributed by atoms with Gasteiger partial charge in [-0.1, -0.05) is 24.4 Å². The highest BCUT2D eigenvalue weighted by Crippen LogP contribution is 2.31. The summed E-state index contributed by atoms with van der Waals surface area (Å²) in [6, 6.07) is 1.76. The Kier molecular flexibility index (Phi) is 6.40. The molecule has 3 N–H and O–H groups in total. The number of H-pyrrole nitrogens is 1. The third kappa shape index (κ3) is 5.31. The molecular formula is C20H24ClFN6O2S. The number of nitrogens with zero attached hydrogens (tertiary/aromatic N) is 3. The lowest BCUT2D eigenvalue weighted by Crippen LogP contribution is -2.36. The predicted molar refractivity (Wildman–Crippen MR) is 119 cm³/mol. The van der Waals surface area contributed by atoms with Gasteiger partial charge in [-0.05, 0) is 30.7 Å². The molecule has 0 radical (unpaired) electrons. The summed E-state index contributed by atoms with van der Waals surface area (Å²) < 4.78 is 39.9. The van der Waals surface area contributed by atoms with Crippen LogP contribution >= 0.6 is 11.6 Å². The van der Waals surface area contributed by atoms with Gasteiger partial charge in [-0.2, -0.15) is 0 Å². The monoisotopic (exact) mass is 466 g/mol. The van der Waals surface area contributed by atoms with Crippen LogP contribution in [0.3, 0.4) is 0 Å². The van der Waals surface area contributed by atoms with Crippen molar-refractivity contribution in [3.8, 4) is 11.4 Å². The van der Waals surface area contributed by atoms with E-state index >= 15 is 0 Å². The van der Waals surface area contributed by atoms with E-state index in [1.165, 1.54) is 0 Å². The molecule has 0 spiro atoms. The zero-order valence-electron chi connectivity index (χ0n) is 17.0. The number of sulfonamides is 1. The molecule has 0 bridgehead atoms. The highest BCUT2D eigenvalue weighted by atomic mass is 35.5. The highest BCUT2D eigenvalue weighted by molar-refractivity contribution is 7.88. The van der Waals surface area contributed by atoms with E-state index in [-0.39, 0.29) is 17.7 Å². The van der Waals surface area contributed by atoms with Gasteiger partial charge in [0.05, 0.1) is 17.5 Å².